The molecular formula is C16H21N5O2S3. The number of hydrogen-bond donors (Lipinski definition) is 3. The highest BCUT2D eigenvalue weighted by atomic mass is 32.2. The predicted octanol–water partition coefficient (Wildman–Crippen LogP) is 3.11. The molecule has 3 N–H and O–H groups in total. The lowest BCUT2D eigenvalue weighted by molar-refractivity contribution is -0.117. The van der Waals surface area contributed by atoms with Crippen molar-refractivity contribution in [3.8, 4) is 0 Å². The summed E-state index contributed by atoms with van der Waals surface area (Å²) in [5.41, 5.74) is 0. The fraction of sp³-hybridized carbons (Fsp3) is 0.500. The van der Waals surface area contributed by atoms with Gasteiger partial charge in [-0.1, -0.05) is 42.0 Å². The van der Waals surface area contributed by atoms with Gasteiger partial charge in [0.25, 0.3) is 0 Å². The van der Waals surface area contributed by atoms with Gasteiger partial charge in [-0.3, -0.25) is 10.1 Å². The molecule has 3 rings (SSSR count). The Kier molecular flexibility index (Phi) is 7.27. The molecule has 3 amide bonds. The molecule has 26 heavy (non-hydrogen) atoms. The molecular weight excluding hydrogens is 390 g/mol. The van der Waals surface area contributed by atoms with Gasteiger partial charge in [0.15, 0.2) is 4.34 Å². The van der Waals surface area contributed by atoms with E-state index in [2.05, 4.69) is 37.6 Å². The number of rotatable bonds is 8. The lowest BCUT2D eigenvalue weighted by atomic mass is 10.2. The minimum Gasteiger partial charge on any atom is -0.360 e. The van der Waals surface area contributed by atoms with Crippen molar-refractivity contribution in [3.05, 3.63) is 22.4 Å². The molecule has 2 aromatic heterocycles. The van der Waals surface area contributed by atoms with E-state index in [0.717, 1.165) is 43.8 Å². The monoisotopic (exact) mass is 411 g/mol. The Bertz CT molecular complexity index is 713. The summed E-state index contributed by atoms with van der Waals surface area (Å²) in [6.45, 7) is 0.793. The fourth-order valence-electron chi connectivity index (χ4n) is 2.67. The minimum atomic E-state index is -0.407. The van der Waals surface area contributed by atoms with E-state index in [4.69, 9.17) is 0 Å². The molecule has 0 aromatic carbocycles. The molecule has 1 aliphatic carbocycles. The van der Waals surface area contributed by atoms with Gasteiger partial charge in [0.1, 0.15) is 0 Å². The third-order valence-corrected chi connectivity index (χ3v) is 6.85. The maximum absolute atomic E-state index is 11.9. The average molecular weight is 412 g/mol. The summed E-state index contributed by atoms with van der Waals surface area (Å²) in [5, 5.41) is 19.4. The highest BCUT2D eigenvalue weighted by Crippen LogP contribution is 2.25. The molecule has 0 atom stereocenters. The molecule has 1 aliphatic rings. The first-order valence-corrected chi connectivity index (χ1v) is 11.2. The Hall–Kier alpha value is -1.65. The predicted molar refractivity (Wildman–Crippen MR) is 106 cm³/mol. The Balaban J connectivity index is 1.33. The summed E-state index contributed by atoms with van der Waals surface area (Å²) in [5.74, 6) is -0.185. The van der Waals surface area contributed by atoms with Crippen LogP contribution in [0.2, 0.25) is 0 Å². The van der Waals surface area contributed by atoms with E-state index in [1.807, 2.05) is 6.07 Å². The summed E-state index contributed by atoms with van der Waals surface area (Å²) < 4.78 is 0.704. The Morgan fingerprint density at radius 2 is 2.12 bits per heavy atom. The number of aromatic nitrogens is 2. The number of carbonyl (C=O) groups is 2. The minimum absolute atomic E-state index is 0.141. The van der Waals surface area contributed by atoms with E-state index in [-0.39, 0.29) is 17.7 Å². The molecule has 0 unspecified atom stereocenters. The molecule has 0 aliphatic heterocycles. The highest BCUT2D eigenvalue weighted by molar-refractivity contribution is 8.01. The maximum atomic E-state index is 11.9. The van der Waals surface area contributed by atoms with Crippen molar-refractivity contribution in [3.63, 3.8) is 0 Å². The van der Waals surface area contributed by atoms with Crippen molar-refractivity contribution in [2.24, 2.45) is 0 Å². The number of thioether (sulfide) groups is 1. The van der Waals surface area contributed by atoms with E-state index >= 15 is 0 Å². The zero-order chi connectivity index (χ0) is 18.2. The molecule has 10 heteroatoms. The number of urea groups is 1. The normalized spacial score (nSPS) is 14.3. The van der Waals surface area contributed by atoms with E-state index in [9.17, 15) is 9.59 Å². The smallest absolute Gasteiger partial charge is 0.321 e. The number of imide groups is 1. The van der Waals surface area contributed by atoms with Crippen LogP contribution in [0, 0.1) is 0 Å². The van der Waals surface area contributed by atoms with Crippen molar-refractivity contribution in [1.82, 2.24) is 20.8 Å². The second-order valence-electron chi connectivity index (χ2n) is 5.92. The molecule has 0 saturated heterocycles. The molecule has 2 heterocycles. The summed E-state index contributed by atoms with van der Waals surface area (Å²) in [6, 6.07) is 3.94. The summed E-state index contributed by atoms with van der Waals surface area (Å²) >= 11 is 4.43. The van der Waals surface area contributed by atoms with Crippen LogP contribution < -0.4 is 16.0 Å². The van der Waals surface area contributed by atoms with E-state index in [1.165, 1.54) is 28.0 Å². The van der Waals surface area contributed by atoms with Crippen molar-refractivity contribution >= 4 is 51.5 Å². The quantitative estimate of drug-likeness (QED) is 0.578. The number of anilines is 1. The van der Waals surface area contributed by atoms with Crippen molar-refractivity contribution in [1.29, 1.82) is 0 Å². The lowest BCUT2D eigenvalue weighted by Crippen LogP contribution is -2.44. The number of carbonyl (C=O) groups excluding carboxylic acids is 2. The average Bonchev–Trinajstić information content (AvgIpc) is 3.36. The molecule has 1 fully saturated rings. The number of nitrogens with zero attached hydrogens (tertiary/aromatic N) is 2. The van der Waals surface area contributed by atoms with Gasteiger partial charge < -0.3 is 10.6 Å². The first-order valence-electron chi connectivity index (χ1n) is 8.52. The number of amides is 3. The van der Waals surface area contributed by atoms with Crippen LogP contribution in [0.25, 0.3) is 0 Å². The zero-order valence-electron chi connectivity index (χ0n) is 14.2. The highest BCUT2D eigenvalue weighted by Gasteiger charge is 2.18. The summed E-state index contributed by atoms with van der Waals surface area (Å²) in [6.07, 6.45) is 5.19. The lowest BCUT2D eigenvalue weighted by Gasteiger charge is -2.11. The van der Waals surface area contributed by atoms with Crippen LogP contribution in [0.4, 0.5) is 9.93 Å². The Labute approximate surface area is 164 Å². The molecule has 0 bridgehead atoms. The van der Waals surface area contributed by atoms with Crippen LogP contribution in [-0.4, -0.2) is 40.5 Å². The number of nitrogens with one attached hydrogen (secondary N) is 3. The SMILES string of the molecule is O=C(CSc1nnc(NCCc2cccs2)s1)NC(=O)NC1CCCC1. The van der Waals surface area contributed by atoms with Gasteiger partial charge >= 0.3 is 6.03 Å². The number of thiophene rings is 1. The van der Waals surface area contributed by atoms with Gasteiger partial charge in [-0.25, -0.2) is 4.79 Å². The van der Waals surface area contributed by atoms with Gasteiger partial charge in [0.2, 0.25) is 11.0 Å². The van der Waals surface area contributed by atoms with Gasteiger partial charge in [0.05, 0.1) is 5.75 Å². The summed E-state index contributed by atoms with van der Waals surface area (Å²) in [7, 11) is 0. The van der Waals surface area contributed by atoms with Crippen LogP contribution in [0.3, 0.4) is 0 Å². The topological polar surface area (TPSA) is 96.0 Å². The van der Waals surface area contributed by atoms with Crippen molar-refractivity contribution < 1.29 is 9.59 Å². The van der Waals surface area contributed by atoms with Gasteiger partial charge in [-0.2, -0.15) is 0 Å². The summed E-state index contributed by atoms with van der Waals surface area (Å²) in [4.78, 5) is 24.9. The Morgan fingerprint density at radius 3 is 2.88 bits per heavy atom. The molecule has 0 radical (unpaired) electrons. The molecule has 1 saturated carbocycles. The molecule has 2 aromatic rings. The van der Waals surface area contributed by atoms with Crippen LogP contribution in [0.15, 0.2) is 21.9 Å². The Morgan fingerprint density at radius 1 is 1.27 bits per heavy atom. The maximum Gasteiger partial charge on any atom is 0.321 e. The zero-order valence-corrected chi connectivity index (χ0v) is 16.6. The van der Waals surface area contributed by atoms with E-state index < -0.39 is 6.03 Å². The first kappa shape index (κ1) is 19.1. The largest absolute Gasteiger partial charge is 0.360 e. The third-order valence-electron chi connectivity index (χ3n) is 3.90. The van der Waals surface area contributed by atoms with Gasteiger partial charge in [0, 0.05) is 17.5 Å². The molecule has 0 spiro atoms. The van der Waals surface area contributed by atoms with Gasteiger partial charge in [-0.05, 0) is 30.7 Å². The third kappa shape index (κ3) is 6.26. The van der Waals surface area contributed by atoms with Crippen LogP contribution >= 0.6 is 34.4 Å². The van der Waals surface area contributed by atoms with Crippen LogP contribution in [0.5, 0.6) is 0 Å². The van der Waals surface area contributed by atoms with Crippen LogP contribution in [-0.2, 0) is 11.2 Å². The van der Waals surface area contributed by atoms with Gasteiger partial charge in [-0.15, -0.1) is 21.5 Å². The van der Waals surface area contributed by atoms with E-state index in [0.29, 0.717) is 4.34 Å². The van der Waals surface area contributed by atoms with E-state index in [1.54, 1.807) is 11.3 Å². The second kappa shape index (κ2) is 9.89. The standard InChI is InChI=1S/C16H21N5O2S3/c22-13(19-14(23)18-11-4-1-2-5-11)10-25-16-21-20-15(26-16)17-8-7-12-6-3-9-24-12/h3,6,9,11H,1-2,4-5,7-8,10H2,(H,17,20)(H2,18,19,22,23). The van der Waals surface area contributed by atoms with Crippen molar-refractivity contribution in [2.75, 3.05) is 17.6 Å². The fourth-order valence-corrected chi connectivity index (χ4v) is 4.96. The first-order chi connectivity index (χ1) is 12.7. The second-order valence-corrected chi connectivity index (χ2v) is 9.15. The molecule has 140 valence electrons. The van der Waals surface area contributed by atoms with Crippen molar-refractivity contribution in [2.45, 2.75) is 42.5 Å². The van der Waals surface area contributed by atoms with Crippen LogP contribution in [0.1, 0.15) is 30.6 Å². The molecule has 7 nitrogen and oxygen atoms in total. The number of hydrogen-bond acceptors (Lipinski definition) is 8.